The van der Waals surface area contributed by atoms with Gasteiger partial charge in [0.15, 0.2) is 0 Å². The molecule has 0 fully saturated rings. The van der Waals surface area contributed by atoms with Gasteiger partial charge in [-0.25, -0.2) is 0 Å². The normalized spacial score (nSPS) is 16.5. The number of benzene rings is 2. The Balaban J connectivity index is 1.89. The minimum Gasteiger partial charge on any atom is -0.476 e. The molecule has 126 valence electrons. The molecular weight excluding hydrogens is 317 g/mol. The van der Waals surface area contributed by atoms with Crippen molar-refractivity contribution in [3.8, 4) is 17.2 Å². The molecule has 24 heavy (non-hydrogen) atoms. The van der Waals surface area contributed by atoms with Crippen molar-refractivity contribution in [1.82, 2.24) is 0 Å². The summed E-state index contributed by atoms with van der Waals surface area (Å²) in [5, 5.41) is 0. The van der Waals surface area contributed by atoms with Crippen LogP contribution in [0.25, 0.3) is 6.08 Å². The maximum atomic E-state index is 12.8. The van der Waals surface area contributed by atoms with E-state index in [0.717, 1.165) is 22.8 Å². The lowest BCUT2D eigenvalue weighted by molar-refractivity contribution is -0.180. The molecule has 5 heteroatoms. The molecule has 0 spiro atoms. The molecule has 3 rings (SSSR count). The lowest BCUT2D eigenvalue weighted by Crippen LogP contribution is -2.33. The molecule has 2 aromatic carbocycles. The first-order valence-corrected chi connectivity index (χ1v) is 7.55. The summed E-state index contributed by atoms with van der Waals surface area (Å²) in [6, 6.07) is 8.86. The van der Waals surface area contributed by atoms with Crippen LogP contribution in [0.5, 0.6) is 17.2 Å². The van der Waals surface area contributed by atoms with Gasteiger partial charge in [0, 0.05) is 11.6 Å². The molecule has 0 N–H and O–H groups in total. The topological polar surface area (TPSA) is 18.5 Å². The van der Waals surface area contributed by atoms with E-state index in [2.05, 4.69) is 6.07 Å². The molecule has 0 saturated carbocycles. The van der Waals surface area contributed by atoms with Gasteiger partial charge in [-0.15, -0.1) is 0 Å². The summed E-state index contributed by atoms with van der Waals surface area (Å²) < 4.78 is 49.4. The fourth-order valence-corrected chi connectivity index (χ4v) is 2.59. The minimum absolute atomic E-state index is 0.166. The Hall–Kier alpha value is -2.43. The van der Waals surface area contributed by atoms with Crippen LogP contribution in [0.15, 0.2) is 36.4 Å². The zero-order valence-corrected chi connectivity index (χ0v) is 13.6. The average Bonchev–Trinajstić information content (AvgIpc) is 2.50. The summed E-state index contributed by atoms with van der Waals surface area (Å²) in [5.41, 5.74) is 3.74. The SMILES string of the molecule is Cc1cc(C)c(C)c(Oc2ccc3c(c2)O[C@H](C(F)(F)F)C=C3)c1. The maximum absolute atomic E-state index is 12.8. The zero-order valence-electron chi connectivity index (χ0n) is 13.6. The van der Waals surface area contributed by atoms with Gasteiger partial charge in [0.2, 0.25) is 6.10 Å². The first kappa shape index (κ1) is 16.4. The van der Waals surface area contributed by atoms with Crippen molar-refractivity contribution < 1.29 is 22.6 Å². The van der Waals surface area contributed by atoms with E-state index in [-0.39, 0.29) is 5.75 Å². The second-order valence-electron chi connectivity index (χ2n) is 5.95. The lowest BCUT2D eigenvalue weighted by Gasteiger charge is -2.24. The number of fused-ring (bicyclic) bond motifs is 1. The predicted octanol–water partition coefficient (Wildman–Crippen LogP) is 5.74. The Kier molecular flexibility index (Phi) is 4.03. The predicted molar refractivity (Wildman–Crippen MR) is 86.7 cm³/mol. The third-order valence-corrected chi connectivity index (χ3v) is 4.00. The van der Waals surface area contributed by atoms with Gasteiger partial charge in [0.25, 0.3) is 0 Å². The number of halogens is 3. The molecule has 2 aromatic rings. The molecule has 1 heterocycles. The van der Waals surface area contributed by atoms with Crippen LogP contribution in [0.1, 0.15) is 22.3 Å². The van der Waals surface area contributed by atoms with Gasteiger partial charge in [-0.2, -0.15) is 13.2 Å². The van der Waals surface area contributed by atoms with Crippen LogP contribution in [0, 0.1) is 20.8 Å². The van der Waals surface area contributed by atoms with Gasteiger partial charge in [0.1, 0.15) is 17.2 Å². The lowest BCUT2D eigenvalue weighted by atomic mass is 10.1. The Morgan fingerprint density at radius 2 is 1.79 bits per heavy atom. The number of rotatable bonds is 2. The van der Waals surface area contributed by atoms with E-state index in [0.29, 0.717) is 17.1 Å². The molecule has 0 bridgehead atoms. The molecule has 0 saturated heterocycles. The van der Waals surface area contributed by atoms with Crippen LogP contribution in [0.3, 0.4) is 0 Å². The summed E-state index contributed by atoms with van der Waals surface area (Å²) >= 11 is 0. The van der Waals surface area contributed by atoms with Crippen molar-refractivity contribution in [2.45, 2.75) is 33.1 Å². The van der Waals surface area contributed by atoms with Gasteiger partial charge in [-0.3, -0.25) is 0 Å². The van der Waals surface area contributed by atoms with E-state index in [9.17, 15) is 13.2 Å². The Bertz CT molecular complexity index is 807. The van der Waals surface area contributed by atoms with Gasteiger partial charge in [-0.1, -0.05) is 12.1 Å². The largest absolute Gasteiger partial charge is 0.476 e. The summed E-state index contributed by atoms with van der Waals surface area (Å²) in [6.45, 7) is 5.90. The molecule has 0 unspecified atom stereocenters. The van der Waals surface area contributed by atoms with Gasteiger partial charge in [0.05, 0.1) is 0 Å². The highest BCUT2D eigenvalue weighted by Gasteiger charge is 2.41. The third-order valence-electron chi connectivity index (χ3n) is 4.00. The Morgan fingerprint density at radius 3 is 2.50 bits per heavy atom. The molecule has 0 aromatic heterocycles. The van der Waals surface area contributed by atoms with Crippen molar-refractivity contribution in [3.63, 3.8) is 0 Å². The summed E-state index contributed by atoms with van der Waals surface area (Å²) in [4.78, 5) is 0. The highest BCUT2D eigenvalue weighted by molar-refractivity contribution is 5.62. The van der Waals surface area contributed by atoms with Crippen molar-refractivity contribution in [1.29, 1.82) is 0 Å². The maximum Gasteiger partial charge on any atom is 0.429 e. The molecule has 1 atom stereocenters. The van der Waals surface area contributed by atoms with E-state index in [1.54, 1.807) is 12.1 Å². The summed E-state index contributed by atoms with van der Waals surface area (Å²) in [5.74, 6) is 1.30. The highest BCUT2D eigenvalue weighted by Crippen LogP contribution is 2.37. The van der Waals surface area contributed by atoms with Crippen molar-refractivity contribution in [2.75, 3.05) is 0 Å². The standard InChI is InChI=1S/C19H17F3O2/c1-11-8-12(2)13(3)16(9-11)23-15-6-4-14-5-7-18(19(20,21)22)24-17(14)10-15/h4-10,18H,1-3H3/t18-/m0/s1. The number of ether oxygens (including phenoxy) is 2. The molecule has 1 aliphatic rings. The smallest absolute Gasteiger partial charge is 0.429 e. The van der Waals surface area contributed by atoms with E-state index in [1.807, 2.05) is 26.8 Å². The zero-order chi connectivity index (χ0) is 17.5. The van der Waals surface area contributed by atoms with E-state index < -0.39 is 12.3 Å². The molecule has 0 radical (unpaired) electrons. The van der Waals surface area contributed by atoms with E-state index in [4.69, 9.17) is 9.47 Å². The van der Waals surface area contributed by atoms with Crippen LogP contribution in [0.2, 0.25) is 0 Å². The average molecular weight is 334 g/mol. The number of alkyl halides is 3. The van der Waals surface area contributed by atoms with Crippen LogP contribution < -0.4 is 9.47 Å². The Labute approximate surface area is 138 Å². The van der Waals surface area contributed by atoms with Crippen LogP contribution in [-0.4, -0.2) is 12.3 Å². The van der Waals surface area contributed by atoms with Crippen LogP contribution in [0.4, 0.5) is 13.2 Å². The quantitative estimate of drug-likeness (QED) is 0.697. The fourth-order valence-electron chi connectivity index (χ4n) is 2.59. The van der Waals surface area contributed by atoms with Crippen LogP contribution in [-0.2, 0) is 0 Å². The van der Waals surface area contributed by atoms with Crippen molar-refractivity contribution >= 4 is 6.08 Å². The minimum atomic E-state index is -4.44. The number of hydrogen-bond donors (Lipinski definition) is 0. The van der Waals surface area contributed by atoms with Crippen LogP contribution >= 0.6 is 0 Å². The molecule has 2 nitrogen and oxygen atoms in total. The number of hydrogen-bond acceptors (Lipinski definition) is 2. The Morgan fingerprint density at radius 1 is 1.04 bits per heavy atom. The fraction of sp³-hybridized carbons (Fsp3) is 0.263. The van der Waals surface area contributed by atoms with E-state index in [1.165, 1.54) is 12.1 Å². The summed E-state index contributed by atoms with van der Waals surface area (Å²) in [6.07, 6.45) is -3.93. The molecule has 1 aliphatic heterocycles. The second-order valence-corrected chi connectivity index (χ2v) is 5.95. The van der Waals surface area contributed by atoms with Crippen molar-refractivity contribution in [2.24, 2.45) is 0 Å². The van der Waals surface area contributed by atoms with Gasteiger partial charge >= 0.3 is 6.18 Å². The highest BCUT2D eigenvalue weighted by atomic mass is 19.4. The van der Waals surface area contributed by atoms with Gasteiger partial charge < -0.3 is 9.47 Å². The number of aryl methyl sites for hydroxylation is 2. The first-order valence-electron chi connectivity index (χ1n) is 7.55. The molecule has 0 aliphatic carbocycles. The first-order chi connectivity index (χ1) is 11.2. The van der Waals surface area contributed by atoms with Gasteiger partial charge in [-0.05, 0) is 61.7 Å². The van der Waals surface area contributed by atoms with E-state index >= 15 is 0 Å². The monoisotopic (exact) mass is 334 g/mol. The second kappa shape index (κ2) is 5.89. The molecule has 0 amide bonds. The third kappa shape index (κ3) is 3.25. The molecular formula is C19H17F3O2. The van der Waals surface area contributed by atoms with Crippen molar-refractivity contribution in [3.05, 3.63) is 58.7 Å². The summed E-state index contributed by atoms with van der Waals surface area (Å²) in [7, 11) is 0.